The summed E-state index contributed by atoms with van der Waals surface area (Å²) in [6, 6.07) is 0. The van der Waals surface area contributed by atoms with Crippen molar-refractivity contribution in [1.82, 2.24) is 0 Å². The van der Waals surface area contributed by atoms with Gasteiger partial charge < -0.3 is 10.8 Å². The van der Waals surface area contributed by atoms with Gasteiger partial charge in [-0.2, -0.15) is 0 Å². The van der Waals surface area contributed by atoms with Crippen molar-refractivity contribution >= 4 is 0 Å². The zero-order valence-electron chi connectivity index (χ0n) is 10.8. The third-order valence-electron chi connectivity index (χ3n) is 3.36. The lowest BCUT2D eigenvalue weighted by Gasteiger charge is -2.37. The normalized spacial score (nSPS) is 14.2. The quantitative estimate of drug-likeness (QED) is 0.621. The summed E-state index contributed by atoms with van der Waals surface area (Å²) in [5.74, 6) is 0.493. The first-order valence-electron chi connectivity index (χ1n) is 6.54. The molecule has 1 unspecified atom stereocenters. The minimum absolute atomic E-state index is 0.0394. The van der Waals surface area contributed by atoms with Gasteiger partial charge in [0.2, 0.25) is 0 Å². The van der Waals surface area contributed by atoms with Crippen molar-refractivity contribution in [3.8, 4) is 0 Å². The summed E-state index contributed by atoms with van der Waals surface area (Å²) in [5, 5.41) is 9.11. The molecule has 0 radical (unpaired) electrons. The van der Waals surface area contributed by atoms with Gasteiger partial charge in [-0.3, -0.25) is 0 Å². The van der Waals surface area contributed by atoms with Gasteiger partial charge in [-0.1, -0.05) is 40.0 Å². The molecule has 0 saturated carbocycles. The molecule has 0 rings (SSSR count). The Labute approximate surface area is 95.3 Å². The van der Waals surface area contributed by atoms with Gasteiger partial charge in [-0.05, 0) is 31.6 Å². The predicted molar refractivity (Wildman–Crippen MR) is 66.8 cm³/mol. The van der Waals surface area contributed by atoms with E-state index in [1.807, 2.05) is 0 Å². The van der Waals surface area contributed by atoms with E-state index in [0.29, 0.717) is 5.92 Å². The lowest BCUT2D eigenvalue weighted by atomic mass is 9.74. The molecule has 0 aromatic rings. The Kier molecular flexibility index (Phi) is 8.07. The molecule has 15 heavy (non-hydrogen) atoms. The average Bonchev–Trinajstić information content (AvgIpc) is 2.18. The number of hydrogen-bond donors (Lipinski definition) is 2. The van der Waals surface area contributed by atoms with Crippen LogP contribution in [0, 0.1) is 5.92 Å². The third-order valence-corrected chi connectivity index (χ3v) is 3.36. The molecule has 0 aromatic carbocycles. The van der Waals surface area contributed by atoms with Crippen LogP contribution in [0.4, 0.5) is 0 Å². The Morgan fingerprint density at radius 2 is 1.53 bits per heavy atom. The van der Waals surface area contributed by atoms with E-state index >= 15 is 0 Å². The van der Waals surface area contributed by atoms with Crippen molar-refractivity contribution in [1.29, 1.82) is 0 Å². The topological polar surface area (TPSA) is 46.2 Å². The Morgan fingerprint density at radius 3 is 1.87 bits per heavy atom. The molecule has 0 bridgehead atoms. The van der Waals surface area contributed by atoms with E-state index < -0.39 is 0 Å². The third kappa shape index (κ3) is 4.98. The number of aliphatic hydroxyl groups excluding tert-OH is 1. The second-order valence-electron chi connectivity index (χ2n) is 4.73. The van der Waals surface area contributed by atoms with Crippen molar-refractivity contribution in [2.45, 2.75) is 71.3 Å². The van der Waals surface area contributed by atoms with Gasteiger partial charge in [0.25, 0.3) is 0 Å². The molecule has 0 heterocycles. The maximum atomic E-state index is 9.11. The number of aliphatic hydroxyl groups is 1. The smallest absolute Gasteiger partial charge is 0.0434 e. The zero-order chi connectivity index (χ0) is 11.7. The van der Waals surface area contributed by atoms with Crippen LogP contribution in [0.5, 0.6) is 0 Å². The van der Waals surface area contributed by atoms with E-state index in [1.165, 1.54) is 0 Å². The van der Waals surface area contributed by atoms with Gasteiger partial charge in [0.05, 0.1) is 0 Å². The summed E-state index contributed by atoms with van der Waals surface area (Å²) in [5.41, 5.74) is 6.48. The molecule has 0 saturated heterocycles. The van der Waals surface area contributed by atoms with Crippen LogP contribution in [-0.4, -0.2) is 17.3 Å². The van der Waals surface area contributed by atoms with E-state index in [-0.39, 0.29) is 12.1 Å². The van der Waals surface area contributed by atoms with Crippen LogP contribution >= 0.6 is 0 Å². The fourth-order valence-electron chi connectivity index (χ4n) is 2.69. The van der Waals surface area contributed by atoms with E-state index in [0.717, 1.165) is 44.9 Å². The van der Waals surface area contributed by atoms with Gasteiger partial charge in [-0.25, -0.2) is 0 Å². The monoisotopic (exact) mass is 215 g/mol. The second kappa shape index (κ2) is 8.12. The summed E-state index contributed by atoms with van der Waals surface area (Å²) >= 11 is 0. The van der Waals surface area contributed by atoms with Crippen molar-refractivity contribution in [2.75, 3.05) is 6.61 Å². The highest BCUT2D eigenvalue weighted by Gasteiger charge is 2.31. The molecule has 0 fully saturated rings. The fourth-order valence-corrected chi connectivity index (χ4v) is 2.69. The average molecular weight is 215 g/mol. The van der Waals surface area contributed by atoms with Crippen LogP contribution in [0.3, 0.4) is 0 Å². The molecule has 0 spiro atoms. The Hall–Kier alpha value is -0.0800. The Balaban J connectivity index is 4.48. The molecule has 3 N–H and O–H groups in total. The van der Waals surface area contributed by atoms with Crippen molar-refractivity contribution in [3.63, 3.8) is 0 Å². The first kappa shape index (κ1) is 14.9. The van der Waals surface area contributed by atoms with Crippen molar-refractivity contribution < 1.29 is 5.11 Å². The van der Waals surface area contributed by atoms with Gasteiger partial charge in [0.1, 0.15) is 0 Å². The lowest BCUT2D eigenvalue weighted by molar-refractivity contribution is 0.164. The highest BCUT2D eigenvalue weighted by atomic mass is 16.3. The van der Waals surface area contributed by atoms with Gasteiger partial charge >= 0.3 is 0 Å². The molecular formula is C13H29NO. The Bertz CT molecular complexity index is 135. The highest BCUT2D eigenvalue weighted by Crippen LogP contribution is 2.31. The number of rotatable bonds is 9. The van der Waals surface area contributed by atoms with Gasteiger partial charge in [-0.15, -0.1) is 0 Å². The molecule has 1 atom stereocenters. The first-order valence-corrected chi connectivity index (χ1v) is 6.54. The minimum Gasteiger partial charge on any atom is -0.396 e. The summed E-state index contributed by atoms with van der Waals surface area (Å²) in [6.45, 7) is 6.86. The standard InChI is InChI=1S/C13H29NO/c1-4-7-12(8-11-15)13(14,9-5-2)10-6-3/h12,15H,4-11,14H2,1-3H3. The van der Waals surface area contributed by atoms with Crippen LogP contribution in [0.2, 0.25) is 0 Å². The molecule has 0 aliphatic heterocycles. The molecule has 2 heteroatoms. The molecule has 2 nitrogen and oxygen atoms in total. The number of nitrogens with two attached hydrogens (primary N) is 1. The van der Waals surface area contributed by atoms with Crippen molar-refractivity contribution in [3.05, 3.63) is 0 Å². The maximum Gasteiger partial charge on any atom is 0.0434 e. The zero-order valence-corrected chi connectivity index (χ0v) is 10.8. The lowest BCUT2D eigenvalue weighted by Crippen LogP contribution is -2.47. The van der Waals surface area contributed by atoms with Crippen LogP contribution in [0.15, 0.2) is 0 Å². The molecule has 92 valence electrons. The van der Waals surface area contributed by atoms with Crippen molar-refractivity contribution in [2.24, 2.45) is 11.7 Å². The second-order valence-corrected chi connectivity index (χ2v) is 4.73. The summed E-state index contributed by atoms with van der Waals surface area (Å²) in [7, 11) is 0. The first-order chi connectivity index (χ1) is 7.14. The number of hydrogen-bond acceptors (Lipinski definition) is 2. The summed E-state index contributed by atoms with van der Waals surface area (Å²) < 4.78 is 0. The van der Waals surface area contributed by atoms with Crippen LogP contribution in [0.25, 0.3) is 0 Å². The van der Waals surface area contributed by atoms with E-state index in [9.17, 15) is 0 Å². The van der Waals surface area contributed by atoms with Crippen LogP contribution in [0.1, 0.15) is 65.7 Å². The minimum atomic E-state index is -0.0394. The molecule has 0 aliphatic carbocycles. The summed E-state index contributed by atoms with van der Waals surface area (Å²) in [6.07, 6.45) is 7.64. The largest absolute Gasteiger partial charge is 0.396 e. The predicted octanol–water partition coefficient (Wildman–Crippen LogP) is 3.08. The van der Waals surface area contributed by atoms with E-state index in [2.05, 4.69) is 20.8 Å². The van der Waals surface area contributed by atoms with Gasteiger partial charge in [0.15, 0.2) is 0 Å². The molecular weight excluding hydrogens is 186 g/mol. The summed E-state index contributed by atoms with van der Waals surface area (Å²) in [4.78, 5) is 0. The van der Waals surface area contributed by atoms with E-state index in [1.54, 1.807) is 0 Å². The SMILES string of the molecule is CCCC(CCO)C(N)(CCC)CCC. The Morgan fingerprint density at radius 1 is 1.00 bits per heavy atom. The molecule has 0 aliphatic rings. The maximum absolute atomic E-state index is 9.11. The highest BCUT2D eigenvalue weighted by molar-refractivity contribution is 4.90. The molecule has 0 aromatic heterocycles. The van der Waals surface area contributed by atoms with Gasteiger partial charge in [0, 0.05) is 12.1 Å². The fraction of sp³-hybridized carbons (Fsp3) is 1.00. The van der Waals surface area contributed by atoms with Crippen LogP contribution < -0.4 is 5.73 Å². The van der Waals surface area contributed by atoms with E-state index in [4.69, 9.17) is 10.8 Å². The van der Waals surface area contributed by atoms with Crippen LogP contribution in [-0.2, 0) is 0 Å². The molecule has 0 amide bonds.